The zero-order valence-electron chi connectivity index (χ0n) is 23.5. The largest absolute Gasteiger partial charge is 0.444 e. The van der Waals surface area contributed by atoms with E-state index in [0.717, 1.165) is 12.0 Å². The number of rotatable bonds is 10. The van der Waals surface area contributed by atoms with E-state index in [0.29, 0.717) is 29.7 Å². The van der Waals surface area contributed by atoms with Crippen molar-refractivity contribution in [3.05, 3.63) is 65.2 Å². The van der Waals surface area contributed by atoms with Gasteiger partial charge in [0.25, 0.3) is 5.91 Å². The predicted molar refractivity (Wildman–Crippen MR) is 153 cm³/mol. The molecule has 0 aromatic heterocycles. The van der Waals surface area contributed by atoms with Gasteiger partial charge in [0.15, 0.2) is 0 Å². The number of nitrogens with zero attached hydrogens (tertiary/aromatic N) is 1. The van der Waals surface area contributed by atoms with Crippen LogP contribution in [0.3, 0.4) is 0 Å². The quantitative estimate of drug-likeness (QED) is 0.385. The third-order valence-electron chi connectivity index (χ3n) is 6.71. The highest BCUT2D eigenvalue weighted by atomic mass is 16.6. The van der Waals surface area contributed by atoms with Crippen molar-refractivity contribution < 1.29 is 23.9 Å². The molecule has 0 spiro atoms. The van der Waals surface area contributed by atoms with Crippen molar-refractivity contribution in [2.24, 2.45) is 5.73 Å². The van der Waals surface area contributed by atoms with Gasteiger partial charge in [0.1, 0.15) is 17.7 Å². The Morgan fingerprint density at radius 3 is 2.27 bits per heavy atom. The van der Waals surface area contributed by atoms with Gasteiger partial charge in [-0.3, -0.25) is 14.4 Å². The molecule has 0 radical (unpaired) electrons. The number of ether oxygens (including phenoxy) is 1. The number of carbonyl (C=O) groups excluding carboxylic acids is 4. The Kier molecular flexibility index (Phi) is 9.94. The Hall–Kier alpha value is -4.32. The molecule has 1 aliphatic carbocycles. The number of carbonyl (C=O) groups is 4. The molecule has 1 aliphatic rings. The number of para-hydroxylation sites is 1. The molecule has 2 aromatic carbocycles. The summed E-state index contributed by atoms with van der Waals surface area (Å²) in [4.78, 5) is 54.1. The Morgan fingerprint density at radius 2 is 1.75 bits per heavy atom. The van der Waals surface area contributed by atoms with E-state index < -0.39 is 41.5 Å². The number of benzene rings is 2. The summed E-state index contributed by atoms with van der Waals surface area (Å²) >= 11 is 0. The van der Waals surface area contributed by atoms with E-state index >= 15 is 0 Å². The lowest BCUT2D eigenvalue weighted by Crippen LogP contribution is -2.57. The first-order chi connectivity index (χ1) is 18.9. The van der Waals surface area contributed by atoms with Crippen LogP contribution in [0.15, 0.2) is 48.5 Å². The topological polar surface area (TPSA) is 131 Å². The van der Waals surface area contributed by atoms with E-state index in [2.05, 4.69) is 16.6 Å². The second-order valence-corrected chi connectivity index (χ2v) is 11.0. The third kappa shape index (κ3) is 8.09. The van der Waals surface area contributed by atoms with Crippen LogP contribution < -0.4 is 16.4 Å². The molecule has 9 heteroatoms. The van der Waals surface area contributed by atoms with Gasteiger partial charge in [-0.15, -0.1) is 6.42 Å². The molecule has 2 atom stereocenters. The molecule has 0 bridgehead atoms. The summed E-state index contributed by atoms with van der Waals surface area (Å²) in [5.74, 6) is 1.05. The summed E-state index contributed by atoms with van der Waals surface area (Å²) in [6.07, 6.45) is 6.84. The molecule has 0 aliphatic heterocycles. The predicted octanol–water partition coefficient (Wildman–Crippen LogP) is 4.20. The molecule has 1 fully saturated rings. The second kappa shape index (κ2) is 13.2. The normalized spacial score (nSPS) is 14.6. The molecule has 2 aromatic rings. The number of nitrogens with two attached hydrogens (primary N) is 1. The van der Waals surface area contributed by atoms with Gasteiger partial charge < -0.3 is 26.0 Å². The minimum absolute atomic E-state index is 0.0429. The van der Waals surface area contributed by atoms with Crippen molar-refractivity contribution in [2.75, 3.05) is 5.32 Å². The molecule has 3 rings (SSSR count). The van der Waals surface area contributed by atoms with Crippen LogP contribution in [0.25, 0.3) is 0 Å². The minimum Gasteiger partial charge on any atom is -0.444 e. The summed E-state index contributed by atoms with van der Waals surface area (Å²) in [7, 11) is 0. The van der Waals surface area contributed by atoms with E-state index in [-0.39, 0.29) is 18.9 Å². The smallest absolute Gasteiger partial charge is 0.408 e. The number of hydrogen-bond donors (Lipinski definition) is 3. The number of hydrogen-bond acceptors (Lipinski definition) is 5. The number of terminal acetylenes is 1. The first-order valence-corrected chi connectivity index (χ1v) is 13.4. The van der Waals surface area contributed by atoms with Gasteiger partial charge in [0.2, 0.25) is 11.8 Å². The molecular formula is C31H38N4O5. The van der Waals surface area contributed by atoms with Gasteiger partial charge in [-0.2, -0.15) is 0 Å². The average Bonchev–Trinajstić information content (AvgIpc) is 2.85. The van der Waals surface area contributed by atoms with Crippen LogP contribution in [0.4, 0.5) is 10.5 Å². The van der Waals surface area contributed by atoms with Crippen LogP contribution >= 0.6 is 0 Å². The summed E-state index contributed by atoms with van der Waals surface area (Å²) in [5.41, 5.74) is 7.27. The lowest BCUT2D eigenvalue weighted by Gasteiger charge is -2.43. The van der Waals surface area contributed by atoms with Crippen LogP contribution in [0.1, 0.15) is 75.6 Å². The highest BCUT2D eigenvalue weighted by Gasteiger charge is 2.42. The summed E-state index contributed by atoms with van der Waals surface area (Å²) in [6, 6.07) is 11.9. The van der Waals surface area contributed by atoms with Gasteiger partial charge in [-0.1, -0.05) is 36.3 Å². The Labute approximate surface area is 235 Å². The maximum atomic E-state index is 14.2. The first kappa shape index (κ1) is 30.2. The molecule has 0 saturated heterocycles. The SMILES string of the molecule is C#Cc1ccc(C(C(=O)Nc2ccccc2C)N(C(=O)C(CCC(N)=O)NC(=O)OC(C)(C)C)C2CCC2)cc1. The molecule has 4 N–H and O–H groups in total. The van der Waals surface area contributed by atoms with Gasteiger partial charge in [0.05, 0.1) is 0 Å². The Morgan fingerprint density at radius 1 is 1.10 bits per heavy atom. The van der Waals surface area contributed by atoms with Gasteiger partial charge in [0, 0.05) is 23.7 Å². The minimum atomic E-state index is -1.14. The first-order valence-electron chi connectivity index (χ1n) is 13.4. The molecule has 40 heavy (non-hydrogen) atoms. The number of amides is 4. The van der Waals surface area contributed by atoms with Crippen molar-refractivity contribution in [2.45, 2.75) is 83.5 Å². The van der Waals surface area contributed by atoms with E-state index in [1.807, 2.05) is 25.1 Å². The van der Waals surface area contributed by atoms with E-state index in [1.165, 1.54) is 4.90 Å². The number of nitrogens with one attached hydrogen (secondary N) is 2. The highest BCUT2D eigenvalue weighted by Crippen LogP contribution is 2.35. The Bertz CT molecular complexity index is 1270. The third-order valence-corrected chi connectivity index (χ3v) is 6.71. The van der Waals surface area contributed by atoms with Crippen LogP contribution in [0.2, 0.25) is 0 Å². The zero-order chi connectivity index (χ0) is 29.4. The van der Waals surface area contributed by atoms with Crippen molar-refractivity contribution in [3.63, 3.8) is 0 Å². The molecule has 4 amide bonds. The van der Waals surface area contributed by atoms with Crippen molar-refractivity contribution >= 4 is 29.5 Å². The molecule has 1 saturated carbocycles. The molecule has 2 unspecified atom stereocenters. The number of alkyl carbamates (subject to hydrolysis) is 1. The number of primary amides is 1. The number of aryl methyl sites for hydroxylation is 1. The molecular weight excluding hydrogens is 508 g/mol. The molecule has 9 nitrogen and oxygen atoms in total. The van der Waals surface area contributed by atoms with Crippen LogP contribution in [0, 0.1) is 19.3 Å². The summed E-state index contributed by atoms with van der Waals surface area (Å²) in [5, 5.41) is 5.59. The second-order valence-electron chi connectivity index (χ2n) is 11.0. The summed E-state index contributed by atoms with van der Waals surface area (Å²) in [6.45, 7) is 7.00. The van der Waals surface area contributed by atoms with Crippen molar-refractivity contribution in [3.8, 4) is 12.3 Å². The van der Waals surface area contributed by atoms with Crippen LogP contribution in [-0.2, 0) is 19.1 Å². The van der Waals surface area contributed by atoms with Crippen LogP contribution in [-0.4, -0.2) is 46.4 Å². The lowest BCUT2D eigenvalue weighted by molar-refractivity contribution is -0.146. The summed E-state index contributed by atoms with van der Waals surface area (Å²) < 4.78 is 5.38. The lowest BCUT2D eigenvalue weighted by atomic mass is 9.87. The van der Waals surface area contributed by atoms with E-state index in [9.17, 15) is 19.2 Å². The average molecular weight is 547 g/mol. The highest BCUT2D eigenvalue weighted by molar-refractivity contribution is 5.99. The van der Waals surface area contributed by atoms with E-state index in [1.54, 1.807) is 51.1 Å². The maximum Gasteiger partial charge on any atom is 0.408 e. The fourth-order valence-corrected chi connectivity index (χ4v) is 4.47. The van der Waals surface area contributed by atoms with Crippen LogP contribution in [0.5, 0.6) is 0 Å². The fraction of sp³-hybridized carbons (Fsp3) is 0.419. The van der Waals surface area contributed by atoms with Gasteiger partial charge in [-0.25, -0.2) is 4.79 Å². The monoisotopic (exact) mass is 546 g/mol. The standard InChI is InChI=1S/C31H38N4O5/c1-6-21-14-16-22(17-15-21)27(28(37)33-24-13-8-7-10-20(24)2)35(23-11-9-12-23)29(38)25(18-19-26(32)36)34-30(39)40-31(3,4)5/h1,7-8,10,13-17,23,25,27H,9,11-12,18-19H2,2-5H3,(H2,32,36)(H,33,37)(H,34,39). The zero-order valence-corrected chi connectivity index (χ0v) is 23.5. The van der Waals surface area contributed by atoms with Crippen molar-refractivity contribution in [1.29, 1.82) is 0 Å². The molecule has 0 heterocycles. The Balaban J connectivity index is 2.04. The number of anilines is 1. The maximum absolute atomic E-state index is 14.2. The van der Waals surface area contributed by atoms with Gasteiger partial charge >= 0.3 is 6.09 Å². The fourth-order valence-electron chi connectivity index (χ4n) is 4.47. The van der Waals surface area contributed by atoms with E-state index in [4.69, 9.17) is 16.9 Å². The van der Waals surface area contributed by atoms with Crippen molar-refractivity contribution in [1.82, 2.24) is 10.2 Å². The molecule has 212 valence electrons. The van der Waals surface area contributed by atoms with Gasteiger partial charge in [-0.05, 0) is 82.7 Å².